The molecule has 2 aromatic carbocycles. The highest BCUT2D eigenvalue weighted by molar-refractivity contribution is 9.10. The number of amides is 1. The first kappa shape index (κ1) is 16.6. The summed E-state index contributed by atoms with van der Waals surface area (Å²) in [4.78, 5) is 23.4. The smallest absolute Gasteiger partial charge is 0.338 e. The molecule has 0 spiro atoms. The third-order valence-electron chi connectivity index (χ3n) is 2.79. The highest BCUT2D eigenvalue weighted by atomic mass is 79.9. The van der Waals surface area contributed by atoms with Gasteiger partial charge in [0.2, 0.25) is 0 Å². The summed E-state index contributed by atoms with van der Waals surface area (Å²) in [5.74, 6) is -1.97. The van der Waals surface area contributed by atoms with Gasteiger partial charge in [0.15, 0.2) is 6.61 Å². The minimum absolute atomic E-state index is 0.00683. The molecule has 0 unspecified atom stereocenters. The lowest BCUT2D eigenvalue weighted by atomic mass is 10.1. The van der Waals surface area contributed by atoms with Crippen LogP contribution in [0.25, 0.3) is 0 Å². The lowest BCUT2D eigenvalue weighted by molar-refractivity contribution is -0.119. The first-order valence-electron chi connectivity index (χ1n) is 6.42. The fourth-order valence-corrected chi connectivity index (χ4v) is 2.01. The van der Waals surface area contributed by atoms with Gasteiger partial charge in [0, 0.05) is 4.47 Å². The van der Waals surface area contributed by atoms with Crippen LogP contribution in [0.5, 0.6) is 0 Å². The lowest BCUT2D eigenvalue weighted by Gasteiger charge is -2.07. The van der Waals surface area contributed by atoms with Crippen LogP contribution in [-0.2, 0) is 9.53 Å². The molecule has 0 aliphatic heterocycles. The Morgan fingerprint density at radius 1 is 1.22 bits per heavy atom. The van der Waals surface area contributed by atoms with Crippen molar-refractivity contribution in [2.45, 2.75) is 0 Å². The standard InChI is InChI=1S/C16H10BrFN2O3/c17-12-5-6-14(13(18)7-12)20-15(21)9-23-16(22)11-3-1-10(8-19)2-4-11/h1-7H,9H2,(H,20,21). The number of carbonyl (C=O) groups excluding carboxylic acids is 2. The molecule has 1 amide bonds. The number of nitrogens with one attached hydrogen (secondary N) is 1. The van der Waals surface area contributed by atoms with Crippen molar-refractivity contribution in [3.8, 4) is 6.07 Å². The fraction of sp³-hybridized carbons (Fsp3) is 0.0625. The van der Waals surface area contributed by atoms with Crippen molar-refractivity contribution >= 4 is 33.5 Å². The van der Waals surface area contributed by atoms with Crippen molar-refractivity contribution in [2.75, 3.05) is 11.9 Å². The van der Waals surface area contributed by atoms with E-state index in [-0.39, 0.29) is 11.3 Å². The van der Waals surface area contributed by atoms with E-state index in [9.17, 15) is 14.0 Å². The molecule has 0 radical (unpaired) electrons. The Morgan fingerprint density at radius 2 is 1.91 bits per heavy atom. The number of hydrogen-bond donors (Lipinski definition) is 1. The number of anilines is 1. The SMILES string of the molecule is N#Cc1ccc(C(=O)OCC(=O)Nc2ccc(Br)cc2F)cc1. The van der Waals surface area contributed by atoms with Crippen LogP contribution >= 0.6 is 15.9 Å². The van der Waals surface area contributed by atoms with Crippen molar-refractivity contribution in [2.24, 2.45) is 0 Å². The molecule has 0 aliphatic carbocycles. The second kappa shape index (κ2) is 7.51. The Labute approximate surface area is 139 Å². The number of hydrogen-bond acceptors (Lipinski definition) is 4. The maximum atomic E-state index is 13.6. The maximum Gasteiger partial charge on any atom is 0.338 e. The Bertz CT molecular complexity index is 785. The number of ether oxygens (including phenoxy) is 1. The maximum absolute atomic E-state index is 13.6. The molecule has 7 heteroatoms. The van der Waals surface area contributed by atoms with Crippen LogP contribution < -0.4 is 5.32 Å². The van der Waals surface area contributed by atoms with Gasteiger partial charge in [-0.15, -0.1) is 0 Å². The molecule has 0 saturated heterocycles. The van der Waals surface area contributed by atoms with Crippen LogP contribution in [0.2, 0.25) is 0 Å². The average molecular weight is 377 g/mol. The number of halogens is 2. The van der Waals surface area contributed by atoms with E-state index in [1.54, 1.807) is 6.07 Å². The van der Waals surface area contributed by atoms with Crippen LogP contribution in [0, 0.1) is 17.1 Å². The van der Waals surface area contributed by atoms with E-state index in [1.807, 2.05) is 6.07 Å². The van der Waals surface area contributed by atoms with Crippen molar-refractivity contribution in [1.82, 2.24) is 0 Å². The van der Waals surface area contributed by atoms with Crippen LogP contribution in [-0.4, -0.2) is 18.5 Å². The van der Waals surface area contributed by atoms with E-state index >= 15 is 0 Å². The monoisotopic (exact) mass is 376 g/mol. The number of nitrogens with zero attached hydrogens (tertiary/aromatic N) is 1. The molecule has 0 aliphatic rings. The Hall–Kier alpha value is -2.72. The molecular formula is C16H10BrFN2O3. The summed E-state index contributed by atoms with van der Waals surface area (Å²) < 4.78 is 18.9. The highest BCUT2D eigenvalue weighted by Crippen LogP contribution is 2.19. The van der Waals surface area contributed by atoms with Crippen LogP contribution in [0.1, 0.15) is 15.9 Å². The fourth-order valence-electron chi connectivity index (χ4n) is 1.67. The zero-order valence-corrected chi connectivity index (χ0v) is 13.3. The summed E-state index contributed by atoms with van der Waals surface area (Å²) in [6.07, 6.45) is 0. The van der Waals surface area contributed by atoms with Crippen molar-refractivity contribution in [1.29, 1.82) is 5.26 Å². The van der Waals surface area contributed by atoms with Gasteiger partial charge in [-0.25, -0.2) is 9.18 Å². The normalized spacial score (nSPS) is 9.78. The molecule has 116 valence electrons. The van der Waals surface area contributed by atoms with E-state index in [1.165, 1.54) is 36.4 Å². The van der Waals surface area contributed by atoms with Gasteiger partial charge in [0.05, 0.1) is 22.9 Å². The Balaban J connectivity index is 1.90. The summed E-state index contributed by atoms with van der Waals surface area (Å²) in [7, 11) is 0. The molecule has 2 rings (SSSR count). The third-order valence-corrected chi connectivity index (χ3v) is 3.28. The number of esters is 1. The number of benzene rings is 2. The second-order valence-corrected chi connectivity index (χ2v) is 5.35. The first-order valence-corrected chi connectivity index (χ1v) is 7.21. The van der Waals surface area contributed by atoms with E-state index in [2.05, 4.69) is 21.2 Å². The zero-order valence-electron chi connectivity index (χ0n) is 11.7. The molecule has 0 atom stereocenters. The van der Waals surface area contributed by atoms with E-state index in [0.29, 0.717) is 10.0 Å². The summed E-state index contributed by atoms with van der Waals surface area (Å²) >= 11 is 3.11. The van der Waals surface area contributed by atoms with Crippen molar-refractivity contribution in [3.63, 3.8) is 0 Å². The van der Waals surface area contributed by atoms with Crippen LogP contribution in [0.3, 0.4) is 0 Å². The second-order valence-electron chi connectivity index (χ2n) is 4.44. The topological polar surface area (TPSA) is 79.2 Å². The summed E-state index contributed by atoms with van der Waals surface area (Å²) in [6, 6.07) is 11.9. The molecule has 0 heterocycles. The van der Waals surface area contributed by atoms with E-state index in [4.69, 9.17) is 10.00 Å². The van der Waals surface area contributed by atoms with Crippen LogP contribution in [0.15, 0.2) is 46.9 Å². The van der Waals surface area contributed by atoms with Gasteiger partial charge in [-0.05, 0) is 42.5 Å². The molecule has 2 aromatic rings. The number of rotatable bonds is 4. The molecular weight excluding hydrogens is 367 g/mol. The molecule has 0 bridgehead atoms. The van der Waals surface area contributed by atoms with Gasteiger partial charge >= 0.3 is 5.97 Å². The zero-order chi connectivity index (χ0) is 16.8. The first-order chi connectivity index (χ1) is 11.0. The third kappa shape index (κ3) is 4.63. The quantitative estimate of drug-likeness (QED) is 0.830. The highest BCUT2D eigenvalue weighted by Gasteiger charge is 2.12. The van der Waals surface area contributed by atoms with E-state index < -0.39 is 24.3 Å². The number of nitriles is 1. The van der Waals surface area contributed by atoms with E-state index in [0.717, 1.165) is 0 Å². The molecule has 5 nitrogen and oxygen atoms in total. The molecule has 0 aromatic heterocycles. The van der Waals surface area contributed by atoms with Gasteiger partial charge in [-0.2, -0.15) is 5.26 Å². The molecule has 23 heavy (non-hydrogen) atoms. The summed E-state index contributed by atoms with van der Waals surface area (Å²) in [5, 5.41) is 11.0. The minimum Gasteiger partial charge on any atom is -0.452 e. The van der Waals surface area contributed by atoms with Gasteiger partial charge in [0.1, 0.15) is 5.82 Å². The van der Waals surface area contributed by atoms with Gasteiger partial charge in [-0.3, -0.25) is 4.79 Å². The Morgan fingerprint density at radius 3 is 2.52 bits per heavy atom. The van der Waals surface area contributed by atoms with Gasteiger partial charge in [0.25, 0.3) is 5.91 Å². The van der Waals surface area contributed by atoms with Gasteiger partial charge < -0.3 is 10.1 Å². The molecule has 0 saturated carbocycles. The van der Waals surface area contributed by atoms with Gasteiger partial charge in [-0.1, -0.05) is 15.9 Å². The predicted molar refractivity (Wildman–Crippen MR) is 84.2 cm³/mol. The Kier molecular flexibility index (Phi) is 5.44. The lowest BCUT2D eigenvalue weighted by Crippen LogP contribution is -2.21. The molecule has 0 fully saturated rings. The van der Waals surface area contributed by atoms with Crippen molar-refractivity contribution in [3.05, 3.63) is 63.9 Å². The predicted octanol–water partition coefficient (Wildman–Crippen LogP) is 3.26. The number of carbonyl (C=O) groups is 2. The molecule has 1 N–H and O–H groups in total. The van der Waals surface area contributed by atoms with Crippen molar-refractivity contribution < 1.29 is 18.7 Å². The summed E-state index contributed by atoms with van der Waals surface area (Å²) in [6.45, 7) is -0.547. The largest absolute Gasteiger partial charge is 0.452 e. The minimum atomic E-state index is -0.707. The average Bonchev–Trinajstić information content (AvgIpc) is 2.55. The summed E-state index contributed by atoms with van der Waals surface area (Å²) in [5.41, 5.74) is 0.615. The van der Waals surface area contributed by atoms with Crippen LogP contribution in [0.4, 0.5) is 10.1 Å².